The van der Waals surface area contributed by atoms with Gasteiger partial charge < -0.3 is 15.8 Å². The Morgan fingerprint density at radius 2 is 2.05 bits per heavy atom. The van der Waals surface area contributed by atoms with Crippen molar-refractivity contribution in [1.29, 1.82) is 0 Å². The molecule has 2 rings (SSSR count). The molecule has 0 atom stereocenters. The van der Waals surface area contributed by atoms with Crippen LogP contribution in [-0.2, 0) is 11.3 Å². The summed E-state index contributed by atoms with van der Waals surface area (Å²) in [6.07, 6.45) is 2.99. The summed E-state index contributed by atoms with van der Waals surface area (Å²) in [6.45, 7) is 2.44. The zero-order valence-electron chi connectivity index (χ0n) is 11.6. The number of carbonyl (C=O) groups is 2. The molecule has 21 heavy (non-hydrogen) atoms. The summed E-state index contributed by atoms with van der Waals surface area (Å²) in [4.78, 5) is 22.8. The molecule has 7 nitrogen and oxygen atoms in total. The molecule has 110 valence electrons. The summed E-state index contributed by atoms with van der Waals surface area (Å²) in [5, 5.41) is 6.61. The molecule has 2 amide bonds. The average molecular weight is 288 g/mol. The second-order valence-electron chi connectivity index (χ2n) is 4.30. The number of hydrogen-bond acceptors (Lipinski definition) is 4. The maximum absolute atomic E-state index is 12.0. The Kier molecular flexibility index (Phi) is 4.55. The molecule has 1 aromatic heterocycles. The second-order valence-corrected chi connectivity index (χ2v) is 4.30. The van der Waals surface area contributed by atoms with Crippen LogP contribution in [0.2, 0.25) is 0 Å². The molecule has 0 unspecified atom stereocenters. The van der Waals surface area contributed by atoms with E-state index < -0.39 is 5.91 Å². The number of hydrogen-bond donors (Lipinski definition) is 2. The minimum absolute atomic E-state index is 0.0288. The van der Waals surface area contributed by atoms with Gasteiger partial charge in [0.05, 0.1) is 18.5 Å². The van der Waals surface area contributed by atoms with Crippen LogP contribution in [0.3, 0.4) is 0 Å². The summed E-state index contributed by atoms with van der Waals surface area (Å²) in [5.74, 6) is -0.0532. The fraction of sp³-hybridized carbons (Fsp3) is 0.214. The summed E-state index contributed by atoms with van der Waals surface area (Å²) in [5.41, 5.74) is 6.06. The second kappa shape index (κ2) is 6.56. The van der Waals surface area contributed by atoms with Crippen molar-refractivity contribution in [1.82, 2.24) is 9.78 Å². The van der Waals surface area contributed by atoms with Crippen molar-refractivity contribution in [2.45, 2.75) is 13.5 Å². The third-order valence-electron chi connectivity index (χ3n) is 2.64. The molecule has 1 heterocycles. The molecule has 2 aromatic rings. The van der Waals surface area contributed by atoms with E-state index in [0.29, 0.717) is 23.6 Å². The van der Waals surface area contributed by atoms with Crippen LogP contribution < -0.4 is 15.8 Å². The van der Waals surface area contributed by atoms with E-state index in [-0.39, 0.29) is 12.5 Å². The van der Waals surface area contributed by atoms with Gasteiger partial charge in [-0.25, -0.2) is 0 Å². The van der Waals surface area contributed by atoms with Gasteiger partial charge >= 0.3 is 0 Å². The smallest absolute Gasteiger partial charge is 0.255 e. The molecule has 0 saturated heterocycles. The van der Waals surface area contributed by atoms with Gasteiger partial charge in [-0.1, -0.05) is 0 Å². The van der Waals surface area contributed by atoms with Crippen LogP contribution in [0.25, 0.3) is 0 Å². The van der Waals surface area contributed by atoms with Gasteiger partial charge in [-0.2, -0.15) is 5.10 Å². The van der Waals surface area contributed by atoms with Crippen LogP contribution in [0, 0.1) is 0 Å². The maximum Gasteiger partial charge on any atom is 0.255 e. The number of carbonyl (C=O) groups excluding carboxylic acids is 2. The number of nitrogens with zero attached hydrogens (tertiary/aromatic N) is 2. The third-order valence-corrected chi connectivity index (χ3v) is 2.64. The van der Waals surface area contributed by atoms with Gasteiger partial charge in [0, 0.05) is 11.8 Å². The van der Waals surface area contributed by atoms with Crippen molar-refractivity contribution in [3.63, 3.8) is 0 Å². The quantitative estimate of drug-likeness (QED) is 0.828. The molecule has 1 aromatic carbocycles. The van der Waals surface area contributed by atoms with Crippen LogP contribution in [0.5, 0.6) is 5.75 Å². The molecule has 0 bridgehead atoms. The Morgan fingerprint density at radius 3 is 2.67 bits per heavy atom. The number of nitrogens with one attached hydrogen (secondary N) is 1. The van der Waals surface area contributed by atoms with Crippen LogP contribution in [0.4, 0.5) is 5.69 Å². The lowest BCUT2D eigenvalue weighted by molar-refractivity contribution is -0.118. The van der Waals surface area contributed by atoms with Gasteiger partial charge in [0.2, 0.25) is 5.91 Å². The predicted octanol–water partition coefficient (Wildman–Crippen LogP) is 1.02. The molecule has 0 saturated carbocycles. The first-order chi connectivity index (χ1) is 10.1. The lowest BCUT2D eigenvalue weighted by atomic mass is 10.2. The monoisotopic (exact) mass is 288 g/mol. The molecule has 0 fully saturated rings. The Labute approximate surface area is 121 Å². The Morgan fingerprint density at radius 1 is 1.33 bits per heavy atom. The topological polar surface area (TPSA) is 99.2 Å². The Balaban J connectivity index is 2.00. The summed E-state index contributed by atoms with van der Waals surface area (Å²) >= 11 is 0. The van der Waals surface area contributed by atoms with Gasteiger partial charge in [-0.3, -0.25) is 14.3 Å². The highest BCUT2D eigenvalue weighted by Gasteiger charge is 2.08. The van der Waals surface area contributed by atoms with Gasteiger partial charge in [-0.15, -0.1) is 0 Å². The largest absolute Gasteiger partial charge is 0.494 e. The number of ether oxygens (including phenoxy) is 1. The minimum atomic E-state index is -0.498. The number of anilines is 1. The Hall–Kier alpha value is -2.83. The number of nitrogens with two attached hydrogens (primary N) is 1. The van der Waals surface area contributed by atoms with Crippen molar-refractivity contribution in [3.05, 3.63) is 42.2 Å². The van der Waals surface area contributed by atoms with Gasteiger partial charge in [0.15, 0.2) is 0 Å². The van der Waals surface area contributed by atoms with Crippen molar-refractivity contribution in [2.24, 2.45) is 5.73 Å². The SMILES string of the molecule is CCOc1ccc(C(=O)Nc2cnn(CC(N)=O)c2)cc1. The van der Waals surface area contributed by atoms with E-state index in [9.17, 15) is 9.59 Å². The van der Waals surface area contributed by atoms with Crippen LogP contribution >= 0.6 is 0 Å². The highest BCUT2D eigenvalue weighted by molar-refractivity contribution is 6.04. The summed E-state index contributed by atoms with van der Waals surface area (Å²) in [7, 11) is 0. The van der Waals surface area contributed by atoms with E-state index in [0.717, 1.165) is 0 Å². The maximum atomic E-state index is 12.0. The lowest BCUT2D eigenvalue weighted by Gasteiger charge is -2.05. The lowest BCUT2D eigenvalue weighted by Crippen LogP contribution is -2.18. The first-order valence-electron chi connectivity index (χ1n) is 6.43. The van der Waals surface area contributed by atoms with Crippen LogP contribution in [0.1, 0.15) is 17.3 Å². The normalized spacial score (nSPS) is 10.1. The first-order valence-corrected chi connectivity index (χ1v) is 6.43. The van der Waals surface area contributed by atoms with Crippen molar-refractivity contribution < 1.29 is 14.3 Å². The van der Waals surface area contributed by atoms with Gasteiger partial charge in [0.1, 0.15) is 12.3 Å². The average Bonchev–Trinajstić information content (AvgIpc) is 2.86. The van der Waals surface area contributed by atoms with Crippen LogP contribution in [-0.4, -0.2) is 28.2 Å². The van der Waals surface area contributed by atoms with Crippen LogP contribution in [0.15, 0.2) is 36.7 Å². The molecular formula is C14H16N4O3. The third kappa shape index (κ3) is 4.07. The van der Waals surface area contributed by atoms with Crippen molar-refractivity contribution >= 4 is 17.5 Å². The zero-order chi connectivity index (χ0) is 15.2. The van der Waals surface area contributed by atoms with Crippen molar-refractivity contribution in [2.75, 3.05) is 11.9 Å². The molecule has 0 radical (unpaired) electrons. The Bertz CT molecular complexity index is 634. The number of amides is 2. The zero-order valence-corrected chi connectivity index (χ0v) is 11.6. The molecule has 3 N–H and O–H groups in total. The number of rotatable bonds is 6. The van der Waals surface area contributed by atoms with E-state index in [1.54, 1.807) is 24.3 Å². The number of benzene rings is 1. The molecule has 0 spiro atoms. The highest BCUT2D eigenvalue weighted by Crippen LogP contribution is 2.14. The molecular weight excluding hydrogens is 272 g/mol. The highest BCUT2D eigenvalue weighted by atomic mass is 16.5. The molecule has 0 aliphatic rings. The van der Waals surface area contributed by atoms with E-state index in [2.05, 4.69) is 10.4 Å². The first kappa shape index (κ1) is 14.6. The standard InChI is InChI=1S/C14H16N4O3/c1-2-21-12-5-3-10(4-6-12)14(20)17-11-7-16-18(8-11)9-13(15)19/h3-8H,2,9H2,1H3,(H2,15,19)(H,17,20). The van der Waals surface area contributed by atoms with E-state index >= 15 is 0 Å². The fourth-order valence-corrected chi connectivity index (χ4v) is 1.75. The summed E-state index contributed by atoms with van der Waals surface area (Å²) < 4.78 is 6.67. The predicted molar refractivity (Wildman–Crippen MR) is 77.0 cm³/mol. The van der Waals surface area contributed by atoms with E-state index in [1.165, 1.54) is 17.1 Å². The minimum Gasteiger partial charge on any atom is -0.494 e. The molecule has 7 heteroatoms. The number of aromatic nitrogens is 2. The van der Waals surface area contributed by atoms with Gasteiger partial charge in [0.25, 0.3) is 5.91 Å². The fourth-order valence-electron chi connectivity index (χ4n) is 1.75. The molecule has 0 aliphatic carbocycles. The van der Waals surface area contributed by atoms with E-state index in [1.807, 2.05) is 6.92 Å². The molecule has 0 aliphatic heterocycles. The van der Waals surface area contributed by atoms with E-state index in [4.69, 9.17) is 10.5 Å². The number of primary amides is 1. The summed E-state index contributed by atoms with van der Waals surface area (Å²) in [6, 6.07) is 6.81. The van der Waals surface area contributed by atoms with Crippen molar-refractivity contribution in [3.8, 4) is 5.75 Å². The van der Waals surface area contributed by atoms with Gasteiger partial charge in [-0.05, 0) is 31.2 Å².